The fraction of sp³-hybridized carbons (Fsp3) is 0.400. The first-order chi connectivity index (χ1) is 9.28. The lowest BCUT2D eigenvalue weighted by Gasteiger charge is -2.11. The Kier molecular flexibility index (Phi) is 4.58. The first-order valence-electron chi connectivity index (χ1n) is 6.64. The van der Waals surface area contributed by atoms with E-state index in [0.717, 1.165) is 36.5 Å². The normalized spacial score (nSPS) is 10.7. The van der Waals surface area contributed by atoms with Crippen molar-refractivity contribution in [2.24, 2.45) is 5.73 Å². The van der Waals surface area contributed by atoms with Gasteiger partial charge in [-0.15, -0.1) is 0 Å². The van der Waals surface area contributed by atoms with Crippen LogP contribution < -0.4 is 10.5 Å². The zero-order valence-electron chi connectivity index (χ0n) is 11.6. The molecule has 0 spiro atoms. The maximum atomic E-state index is 5.68. The van der Waals surface area contributed by atoms with Crippen molar-refractivity contribution in [2.75, 3.05) is 7.11 Å². The van der Waals surface area contributed by atoms with Crippen molar-refractivity contribution in [1.82, 2.24) is 9.55 Å². The molecule has 0 amide bonds. The second kappa shape index (κ2) is 6.38. The summed E-state index contributed by atoms with van der Waals surface area (Å²) in [6.07, 6.45) is 5.99. The number of rotatable bonds is 6. The van der Waals surface area contributed by atoms with E-state index in [2.05, 4.69) is 28.6 Å². The summed E-state index contributed by atoms with van der Waals surface area (Å²) in [5.41, 5.74) is 7.91. The molecule has 0 saturated carbocycles. The van der Waals surface area contributed by atoms with E-state index in [4.69, 9.17) is 10.5 Å². The molecule has 2 rings (SSSR count). The Hall–Kier alpha value is -1.81. The third kappa shape index (κ3) is 3.15. The van der Waals surface area contributed by atoms with Gasteiger partial charge in [0.05, 0.1) is 7.11 Å². The molecule has 0 unspecified atom stereocenters. The SMILES string of the molecule is CCCc1nccn1Cc1ccc(CN)c(OC)c1. The summed E-state index contributed by atoms with van der Waals surface area (Å²) in [6.45, 7) is 3.48. The zero-order valence-corrected chi connectivity index (χ0v) is 11.6. The number of methoxy groups -OCH3 is 1. The van der Waals surface area contributed by atoms with Gasteiger partial charge in [-0.05, 0) is 18.1 Å². The van der Waals surface area contributed by atoms with Crippen LogP contribution in [0.4, 0.5) is 0 Å². The number of ether oxygens (including phenoxy) is 1. The molecule has 0 radical (unpaired) electrons. The molecule has 0 aliphatic rings. The maximum Gasteiger partial charge on any atom is 0.123 e. The topological polar surface area (TPSA) is 53.1 Å². The first kappa shape index (κ1) is 13.6. The summed E-state index contributed by atoms with van der Waals surface area (Å²) in [7, 11) is 1.68. The molecule has 102 valence electrons. The van der Waals surface area contributed by atoms with E-state index in [1.165, 1.54) is 5.56 Å². The van der Waals surface area contributed by atoms with Gasteiger partial charge in [0.2, 0.25) is 0 Å². The zero-order chi connectivity index (χ0) is 13.7. The Morgan fingerprint density at radius 2 is 2.21 bits per heavy atom. The Labute approximate surface area is 114 Å². The molecule has 1 aromatic heterocycles. The summed E-state index contributed by atoms with van der Waals surface area (Å²) in [5, 5.41) is 0. The first-order valence-corrected chi connectivity index (χ1v) is 6.64. The van der Waals surface area contributed by atoms with Crippen LogP contribution in [-0.2, 0) is 19.5 Å². The molecular weight excluding hydrogens is 238 g/mol. The highest BCUT2D eigenvalue weighted by molar-refractivity contribution is 5.37. The third-order valence-corrected chi connectivity index (χ3v) is 3.20. The minimum atomic E-state index is 0.496. The highest BCUT2D eigenvalue weighted by Gasteiger charge is 2.06. The van der Waals surface area contributed by atoms with Gasteiger partial charge in [-0.25, -0.2) is 4.98 Å². The van der Waals surface area contributed by atoms with Crippen LogP contribution in [0.3, 0.4) is 0 Å². The smallest absolute Gasteiger partial charge is 0.123 e. The molecule has 2 N–H and O–H groups in total. The second-order valence-corrected chi connectivity index (χ2v) is 4.57. The molecule has 0 bridgehead atoms. The Morgan fingerprint density at radius 3 is 2.89 bits per heavy atom. The quantitative estimate of drug-likeness (QED) is 0.866. The summed E-state index contributed by atoms with van der Waals surface area (Å²) < 4.78 is 7.55. The van der Waals surface area contributed by atoms with Crippen molar-refractivity contribution in [3.05, 3.63) is 47.5 Å². The van der Waals surface area contributed by atoms with Crippen LogP contribution in [0.1, 0.15) is 30.3 Å². The summed E-state index contributed by atoms with van der Waals surface area (Å²) >= 11 is 0. The number of nitrogens with two attached hydrogens (primary N) is 1. The molecule has 0 aliphatic heterocycles. The molecule has 1 aromatic carbocycles. The largest absolute Gasteiger partial charge is 0.496 e. The standard InChI is InChI=1S/C15H21N3O/c1-3-4-15-17-7-8-18(15)11-12-5-6-13(10-16)14(9-12)19-2/h5-9H,3-4,10-11,16H2,1-2H3. The van der Waals surface area contributed by atoms with Gasteiger partial charge in [-0.2, -0.15) is 0 Å². The van der Waals surface area contributed by atoms with Gasteiger partial charge in [0, 0.05) is 37.5 Å². The Bertz CT molecular complexity index is 534. The number of hydrogen-bond donors (Lipinski definition) is 1. The van der Waals surface area contributed by atoms with Crippen molar-refractivity contribution in [3.8, 4) is 5.75 Å². The second-order valence-electron chi connectivity index (χ2n) is 4.57. The van der Waals surface area contributed by atoms with Crippen LogP contribution in [0.2, 0.25) is 0 Å². The molecule has 4 nitrogen and oxygen atoms in total. The van der Waals surface area contributed by atoms with Crippen molar-refractivity contribution in [2.45, 2.75) is 32.9 Å². The molecule has 4 heteroatoms. The van der Waals surface area contributed by atoms with Gasteiger partial charge >= 0.3 is 0 Å². The molecule has 0 saturated heterocycles. The molecule has 2 aromatic rings. The van der Waals surface area contributed by atoms with Crippen molar-refractivity contribution in [1.29, 1.82) is 0 Å². The van der Waals surface area contributed by atoms with E-state index in [1.54, 1.807) is 7.11 Å². The van der Waals surface area contributed by atoms with Crippen molar-refractivity contribution < 1.29 is 4.74 Å². The van der Waals surface area contributed by atoms with Crippen molar-refractivity contribution >= 4 is 0 Å². The van der Waals surface area contributed by atoms with Crippen LogP contribution in [0, 0.1) is 0 Å². The molecule has 19 heavy (non-hydrogen) atoms. The van der Waals surface area contributed by atoms with E-state index in [0.29, 0.717) is 6.54 Å². The average molecular weight is 259 g/mol. The van der Waals surface area contributed by atoms with E-state index in [-0.39, 0.29) is 0 Å². The van der Waals surface area contributed by atoms with Crippen molar-refractivity contribution in [3.63, 3.8) is 0 Å². The predicted molar refractivity (Wildman–Crippen MR) is 76.2 cm³/mol. The van der Waals surface area contributed by atoms with Crippen LogP contribution in [0.5, 0.6) is 5.75 Å². The number of benzene rings is 1. The summed E-state index contributed by atoms with van der Waals surface area (Å²) in [5.74, 6) is 1.99. The van der Waals surface area contributed by atoms with E-state index >= 15 is 0 Å². The number of aryl methyl sites for hydroxylation is 1. The Morgan fingerprint density at radius 1 is 1.37 bits per heavy atom. The highest BCUT2D eigenvalue weighted by atomic mass is 16.5. The lowest BCUT2D eigenvalue weighted by atomic mass is 10.1. The van der Waals surface area contributed by atoms with Gasteiger partial charge in [0.25, 0.3) is 0 Å². The van der Waals surface area contributed by atoms with E-state index in [9.17, 15) is 0 Å². The van der Waals surface area contributed by atoms with Gasteiger partial charge in [-0.1, -0.05) is 19.1 Å². The molecular formula is C15H21N3O. The average Bonchev–Trinajstić information content (AvgIpc) is 2.86. The van der Waals surface area contributed by atoms with Gasteiger partial charge in [0.15, 0.2) is 0 Å². The highest BCUT2D eigenvalue weighted by Crippen LogP contribution is 2.20. The number of imidazole rings is 1. The Balaban J connectivity index is 2.21. The summed E-state index contributed by atoms with van der Waals surface area (Å²) in [4.78, 5) is 4.39. The number of aromatic nitrogens is 2. The minimum Gasteiger partial charge on any atom is -0.496 e. The maximum absolute atomic E-state index is 5.68. The fourth-order valence-electron chi connectivity index (χ4n) is 2.19. The lowest BCUT2D eigenvalue weighted by Crippen LogP contribution is -2.06. The minimum absolute atomic E-state index is 0.496. The number of nitrogens with zero attached hydrogens (tertiary/aromatic N) is 2. The van der Waals surface area contributed by atoms with E-state index in [1.807, 2.05) is 18.5 Å². The summed E-state index contributed by atoms with van der Waals surface area (Å²) in [6, 6.07) is 6.18. The molecule has 0 aliphatic carbocycles. The van der Waals surface area contributed by atoms with Gasteiger partial charge < -0.3 is 15.0 Å². The fourth-order valence-corrected chi connectivity index (χ4v) is 2.19. The van der Waals surface area contributed by atoms with Crippen LogP contribution in [-0.4, -0.2) is 16.7 Å². The lowest BCUT2D eigenvalue weighted by molar-refractivity contribution is 0.409. The van der Waals surface area contributed by atoms with Crippen LogP contribution in [0.25, 0.3) is 0 Å². The molecule has 0 atom stereocenters. The molecule has 1 heterocycles. The van der Waals surface area contributed by atoms with E-state index < -0.39 is 0 Å². The molecule has 0 fully saturated rings. The monoisotopic (exact) mass is 259 g/mol. The van der Waals surface area contributed by atoms with Gasteiger partial charge in [0.1, 0.15) is 11.6 Å². The van der Waals surface area contributed by atoms with Crippen LogP contribution in [0.15, 0.2) is 30.6 Å². The third-order valence-electron chi connectivity index (χ3n) is 3.20. The van der Waals surface area contributed by atoms with Gasteiger partial charge in [-0.3, -0.25) is 0 Å². The van der Waals surface area contributed by atoms with Crippen LogP contribution >= 0.6 is 0 Å². The predicted octanol–water partition coefficient (Wildman–Crippen LogP) is 2.35. The number of hydrogen-bond acceptors (Lipinski definition) is 3.